The molecule has 0 unspecified atom stereocenters. The number of aromatic nitrogens is 4. The summed E-state index contributed by atoms with van der Waals surface area (Å²) in [5.41, 5.74) is 4.45. The quantitative estimate of drug-likeness (QED) is 0.476. The summed E-state index contributed by atoms with van der Waals surface area (Å²) < 4.78 is 20.7. The van der Waals surface area contributed by atoms with Crippen LogP contribution in [0.4, 0.5) is 10.3 Å². The third-order valence-corrected chi connectivity index (χ3v) is 4.54. The van der Waals surface area contributed by atoms with Crippen LogP contribution in [0.25, 0.3) is 0 Å². The highest BCUT2D eigenvalue weighted by Crippen LogP contribution is 2.20. The maximum absolute atomic E-state index is 13.0. The Balaban J connectivity index is 1.40. The third kappa shape index (κ3) is 5.00. The van der Waals surface area contributed by atoms with Gasteiger partial charge in [-0.25, -0.2) is 9.37 Å². The Morgan fingerprint density at radius 1 is 1.00 bits per heavy atom. The van der Waals surface area contributed by atoms with E-state index in [9.17, 15) is 4.39 Å². The average Bonchev–Trinajstić information content (AvgIpc) is 3.05. The largest absolute Gasteiger partial charge is 0.439 e. The van der Waals surface area contributed by atoms with Crippen LogP contribution < -0.4 is 10.1 Å². The zero-order valence-electron chi connectivity index (χ0n) is 16.8. The van der Waals surface area contributed by atoms with Crippen molar-refractivity contribution >= 4 is 5.95 Å². The van der Waals surface area contributed by atoms with E-state index >= 15 is 0 Å². The first-order valence-corrected chi connectivity index (χ1v) is 9.64. The van der Waals surface area contributed by atoms with E-state index in [0.29, 0.717) is 24.1 Å². The molecule has 2 heterocycles. The van der Waals surface area contributed by atoms with Crippen LogP contribution >= 0.6 is 0 Å². The van der Waals surface area contributed by atoms with Gasteiger partial charge in [0.25, 0.3) is 0 Å². The highest BCUT2D eigenvalue weighted by atomic mass is 19.1. The summed E-state index contributed by atoms with van der Waals surface area (Å²) in [6.45, 7) is 5.36. The molecule has 4 rings (SSSR count). The van der Waals surface area contributed by atoms with Gasteiger partial charge in [0.05, 0.1) is 12.2 Å². The normalized spacial score (nSPS) is 10.8. The molecule has 152 valence electrons. The van der Waals surface area contributed by atoms with E-state index in [4.69, 9.17) is 4.74 Å². The topological polar surface area (TPSA) is 64.9 Å². The van der Waals surface area contributed by atoms with Crippen molar-refractivity contribution in [3.05, 3.63) is 95.2 Å². The van der Waals surface area contributed by atoms with Gasteiger partial charge in [0, 0.05) is 24.5 Å². The van der Waals surface area contributed by atoms with Crippen LogP contribution in [0.2, 0.25) is 0 Å². The molecule has 1 N–H and O–H groups in total. The first-order chi connectivity index (χ1) is 14.5. The number of hydrogen-bond acceptors (Lipinski definition) is 5. The number of aryl methyl sites for hydroxylation is 2. The smallest absolute Gasteiger partial charge is 0.226 e. The number of halogens is 1. The number of nitrogens with zero attached hydrogens (tertiary/aromatic N) is 4. The number of nitrogens with one attached hydrogen (secondary N) is 1. The lowest BCUT2D eigenvalue weighted by atomic mass is 10.1. The summed E-state index contributed by atoms with van der Waals surface area (Å²) in [6.07, 6.45) is 1.62. The number of hydrogen-bond donors (Lipinski definition) is 1. The molecule has 0 saturated heterocycles. The van der Waals surface area contributed by atoms with Gasteiger partial charge in [0.1, 0.15) is 11.6 Å². The average molecular weight is 403 g/mol. The molecule has 7 heteroatoms. The molecular formula is C23H22FN5O. The predicted octanol–water partition coefficient (Wildman–Crippen LogP) is 4.88. The van der Waals surface area contributed by atoms with Crippen LogP contribution in [0, 0.1) is 19.7 Å². The molecule has 0 aliphatic rings. The van der Waals surface area contributed by atoms with Crippen molar-refractivity contribution in [3.8, 4) is 11.6 Å². The summed E-state index contributed by atoms with van der Waals surface area (Å²) in [5.74, 6) is 1.04. The van der Waals surface area contributed by atoms with E-state index in [2.05, 4.69) is 51.6 Å². The van der Waals surface area contributed by atoms with Crippen molar-refractivity contribution in [2.45, 2.75) is 26.9 Å². The fourth-order valence-electron chi connectivity index (χ4n) is 3.13. The lowest BCUT2D eigenvalue weighted by Crippen LogP contribution is -2.06. The van der Waals surface area contributed by atoms with Crippen molar-refractivity contribution in [3.63, 3.8) is 0 Å². The Bertz CT molecular complexity index is 1140. The van der Waals surface area contributed by atoms with Gasteiger partial charge in [-0.1, -0.05) is 24.3 Å². The highest BCUT2D eigenvalue weighted by Gasteiger charge is 2.05. The molecule has 0 aliphatic heterocycles. The van der Waals surface area contributed by atoms with Crippen LogP contribution in [-0.4, -0.2) is 19.7 Å². The molecule has 2 aromatic heterocycles. The SMILES string of the molecule is Cc1cc(C)n(Cc2cccc(CNc3nccc(Oc4ccc(F)cc4)n3)c2)n1. The molecule has 0 amide bonds. The second-order valence-corrected chi connectivity index (χ2v) is 7.03. The van der Waals surface area contributed by atoms with E-state index in [1.807, 2.05) is 17.7 Å². The Morgan fingerprint density at radius 3 is 2.57 bits per heavy atom. The van der Waals surface area contributed by atoms with Crippen LogP contribution in [0.5, 0.6) is 11.6 Å². The molecule has 30 heavy (non-hydrogen) atoms. The molecule has 0 spiro atoms. The summed E-state index contributed by atoms with van der Waals surface area (Å²) in [4.78, 5) is 8.60. The maximum Gasteiger partial charge on any atom is 0.226 e. The van der Waals surface area contributed by atoms with Crippen LogP contribution in [0.15, 0.2) is 66.9 Å². The molecule has 0 saturated carbocycles. The Kier molecular flexibility index (Phi) is 5.70. The minimum Gasteiger partial charge on any atom is -0.439 e. The maximum atomic E-state index is 13.0. The molecule has 4 aromatic rings. The molecular weight excluding hydrogens is 381 g/mol. The van der Waals surface area contributed by atoms with Gasteiger partial charge in [-0.05, 0) is 55.3 Å². The second-order valence-electron chi connectivity index (χ2n) is 7.03. The van der Waals surface area contributed by atoms with Crippen molar-refractivity contribution in [1.82, 2.24) is 19.7 Å². The fraction of sp³-hybridized carbons (Fsp3) is 0.174. The van der Waals surface area contributed by atoms with Gasteiger partial charge in [0.15, 0.2) is 0 Å². The fourth-order valence-corrected chi connectivity index (χ4v) is 3.13. The van der Waals surface area contributed by atoms with Gasteiger partial charge in [-0.3, -0.25) is 4.68 Å². The van der Waals surface area contributed by atoms with Gasteiger partial charge < -0.3 is 10.1 Å². The van der Waals surface area contributed by atoms with E-state index < -0.39 is 0 Å². The third-order valence-electron chi connectivity index (χ3n) is 4.54. The number of benzene rings is 2. The van der Waals surface area contributed by atoms with Gasteiger partial charge in [0.2, 0.25) is 11.8 Å². The molecule has 0 radical (unpaired) electrons. The minimum atomic E-state index is -0.313. The molecule has 0 bridgehead atoms. The van der Waals surface area contributed by atoms with Crippen molar-refractivity contribution in [2.24, 2.45) is 0 Å². The zero-order chi connectivity index (χ0) is 20.9. The molecule has 0 fully saturated rings. The summed E-state index contributed by atoms with van der Waals surface area (Å²) in [7, 11) is 0. The van der Waals surface area contributed by atoms with Gasteiger partial charge in [-0.15, -0.1) is 0 Å². The Labute approximate surface area is 174 Å². The Morgan fingerprint density at radius 2 is 1.80 bits per heavy atom. The van der Waals surface area contributed by atoms with Crippen LogP contribution in [0.1, 0.15) is 22.5 Å². The molecule has 0 aliphatic carbocycles. The molecule has 0 atom stereocenters. The van der Waals surface area contributed by atoms with Crippen molar-refractivity contribution in [1.29, 1.82) is 0 Å². The van der Waals surface area contributed by atoms with Crippen LogP contribution in [0.3, 0.4) is 0 Å². The monoisotopic (exact) mass is 403 g/mol. The number of rotatable bonds is 7. The van der Waals surface area contributed by atoms with E-state index in [1.165, 1.54) is 17.7 Å². The van der Waals surface area contributed by atoms with E-state index in [1.54, 1.807) is 24.4 Å². The highest BCUT2D eigenvalue weighted by molar-refractivity contribution is 5.33. The number of anilines is 1. The van der Waals surface area contributed by atoms with Crippen molar-refractivity contribution < 1.29 is 9.13 Å². The summed E-state index contributed by atoms with van der Waals surface area (Å²) in [5, 5.41) is 7.74. The standard InChI is InChI=1S/C23H22FN5O/c1-16-12-17(2)29(28-16)15-19-5-3-4-18(13-19)14-26-23-25-11-10-22(27-23)30-21-8-6-20(24)7-9-21/h3-13H,14-15H2,1-2H3,(H,25,26,27). The summed E-state index contributed by atoms with van der Waals surface area (Å²) in [6, 6.07) is 17.8. The number of ether oxygens (including phenoxy) is 1. The minimum absolute atomic E-state index is 0.313. The van der Waals surface area contributed by atoms with Gasteiger partial charge in [-0.2, -0.15) is 10.1 Å². The lowest BCUT2D eigenvalue weighted by molar-refractivity contribution is 0.460. The first kappa shape index (κ1) is 19.6. The van der Waals surface area contributed by atoms with Crippen LogP contribution in [-0.2, 0) is 13.1 Å². The Hall–Kier alpha value is -3.74. The van der Waals surface area contributed by atoms with Crippen molar-refractivity contribution in [2.75, 3.05) is 5.32 Å². The first-order valence-electron chi connectivity index (χ1n) is 9.64. The summed E-state index contributed by atoms with van der Waals surface area (Å²) >= 11 is 0. The van der Waals surface area contributed by atoms with E-state index in [0.717, 1.165) is 23.5 Å². The molecule has 2 aromatic carbocycles. The lowest BCUT2D eigenvalue weighted by Gasteiger charge is -2.10. The zero-order valence-corrected chi connectivity index (χ0v) is 16.8. The molecule has 6 nitrogen and oxygen atoms in total. The van der Waals surface area contributed by atoms with E-state index in [-0.39, 0.29) is 5.82 Å². The van der Waals surface area contributed by atoms with Gasteiger partial charge >= 0.3 is 0 Å². The second kappa shape index (κ2) is 8.73. The predicted molar refractivity (Wildman–Crippen MR) is 113 cm³/mol.